The molecule has 0 aliphatic rings. The van der Waals surface area contributed by atoms with Crippen molar-refractivity contribution >= 4 is 17.8 Å². The van der Waals surface area contributed by atoms with E-state index in [9.17, 15) is 14.4 Å². The Morgan fingerprint density at radius 2 is 1.81 bits per heavy atom. The van der Waals surface area contributed by atoms with Gasteiger partial charge in [0.25, 0.3) is 5.91 Å². The van der Waals surface area contributed by atoms with Gasteiger partial charge in [0, 0.05) is 32.1 Å². The number of carbonyl (C=O) groups is 3. The van der Waals surface area contributed by atoms with Crippen LogP contribution in [-0.4, -0.2) is 40.6 Å². The average Bonchev–Trinajstić information content (AvgIpc) is 2.45. The van der Waals surface area contributed by atoms with E-state index in [1.807, 2.05) is 0 Å². The van der Waals surface area contributed by atoms with Crippen molar-refractivity contribution in [3.63, 3.8) is 0 Å². The van der Waals surface area contributed by atoms with Crippen molar-refractivity contribution in [2.24, 2.45) is 0 Å². The predicted molar refractivity (Wildman–Crippen MR) is 74.6 cm³/mol. The molecule has 2 amide bonds. The first kappa shape index (κ1) is 16.6. The van der Waals surface area contributed by atoms with Crippen LogP contribution in [0.4, 0.5) is 0 Å². The minimum absolute atomic E-state index is 0.0539. The average molecular weight is 294 g/mol. The minimum atomic E-state index is -1.19. The summed E-state index contributed by atoms with van der Waals surface area (Å²) >= 11 is 0. The van der Waals surface area contributed by atoms with Gasteiger partial charge in [-0.1, -0.05) is 12.1 Å². The van der Waals surface area contributed by atoms with Crippen LogP contribution in [0.15, 0.2) is 24.3 Å². The second-order valence-electron chi connectivity index (χ2n) is 4.48. The monoisotopic (exact) mass is 294 g/mol. The third-order valence-electron chi connectivity index (χ3n) is 2.78. The molecule has 0 heterocycles. The highest BCUT2D eigenvalue weighted by Crippen LogP contribution is 2.05. The lowest BCUT2D eigenvalue weighted by Crippen LogP contribution is -2.41. The molecular weight excluding hydrogens is 276 g/mol. The molecule has 0 aliphatic carbocycles. The molecule has 0 spiro atoms. The Balaban J connectivity index is 2.65. The molecule has 0 aliphatic heterocycles. The largest absolute Gasteiger partial charge is 0.480 e. The highest BCUT2D eigenvalue weighted by atomic mass is 16.4. The fourth-order valence-electron chi connectivity index (χ4n) is 1.63. The first-order valence-corrected chi connectivity index (χ1v) is 6.42. The van der Waals surface area contributed by atoms with Crippen LogP contribution < -0.4 is 10.6 Å². The summed E-state index contributed by atoms with van der Waals surface area (Å²) in [5.74, 6) is -1.87. The number of rotatable bonds is 7. The summed E-state index contributed by atoms with van der Waals surface area (Å²) in [6.07, 6.45) is -0.0539. The van der Waals surface area contributed by atoms with Crippen molar-refractivity contribution < 1.29 is 24.6 Å². The molecule has 0 saturated carbocycles. The number of hydrogen-bond donors (Lipinski definition) is 4. The maximum atomic E-state index is 11.9. The van der Waals surface area contributed by atoms with Gasteiger partial charge in [-0.25, -0.2) is 4.79 Å². The standard InChI is InChI=1S/C14H18N2O5/c1-9(18)15-8-10-2-4-11(5-3-10)13(19)16-12(6-7-17)14(20)21/h2-5,12,17H,6-8H2,1H3,(H,15,18)(H,16,19)(H,20,21)/t12-/m1/s1. The lowest BCUT2D eigenvalue weighted by molar-refractivity contribution is -0.139. The van der Waals surface area contributed by atoms with Crippen LogP contribution in [0.2, 0.25) is 0 Å². The van der Waals surface area contributed by atoms with Crippen LogP contribution in [0.5, 0.6) is 0 Å². The second kappa shape index (κ2) is 8.01. The number of aliphatic carboxylic acids is 1. The summed E-state index contributed by atoms with van der Waals surface area (Å²) in [5.41, 5.74) is 1.14. The van der Waals surface area contributed by atoms with E-state index in [0.717, 1.165) is 5.56 Å². The number of nitrogens with one attached hydrogen (secondary N) is 2. The molecule has 7 nitrogen and oxygen atoms in total. The summed E-state index contributed by atoms with van der Waals surface area (Å²) in [6, 6.07) is 5.31. The molecular formula is C14H18N2O5. The number of carboxylic acid groups (broad SMARTS) is 1. The van der Waals surface area contributed by atoms with Gasteiger partial charge in [-0.05, 0) is 17.7 Å². The number of amides is 2. The molecule has 0 fully saturated rings. The van der Waals surface area contributed by atoms with E-state index in [4.69, 9.17) is 10.2 Å². The molecule has 1 rings (SSSR count). The van der Waals surface area contributed by atoms with E-state index < -0.39 is 17.9 Å². The minimum Gasteiger partial charge on any atom is -0.480 e. The van der Waals surface area contributed by atoms with Gasteiger partial charge in [-0.3, -0.25) is 9.59 Å². The molecule has 0 radical (unpaired) electrons. The first-order valence-electron chi connectivity index (χ1n) is 6.42. The van der Waals surface area contributed by atoms with Crippen LogP contribution in [0.1, 0.15) is 29.3 Å². The van der Waals surface area contributed by atoms with Gasteiger partial charge in [0.2, 0.25) is 5.91 Å². The fourth-order valence-corrected chi connectivity index (χ4v) is 1.63. The van der Waals surface area contributed by atoms with E-state index in [1.165, 1.54) is 6.92 Å². The number of carboxylic acids is 1. The van der Waals surface area contributed by atoms with Crippen LogP contribution >= 0.6 is 0 Å². The molecule has 21 heavy (non-hydrogen) atoms. The van der Waals surface area contributed by atoms with Gasteiger partial charge >= 0.3 is 5.97 Å². The van der Waals surface area contributed by atoms with E-state index in [0.29, 0.717) is 12.1 Å². The Hall–Kier alpha value is -2.41. The molecule has 0 saturated heterocycles. The van der Waals surface area contributed by atoms with Crippen LogP contribution in [0.3, 0.4) is 0 Å². The number of benzene rings is 1. The van der Waals surface area contributed by atoms with Gasteiger partial charge < -0.3 is 20.8 Å². The third kappa shape index (κ3) is 5.62. The van der Waals surface area contributed by atoms with Gasteiger partial charge in [0.1, 0.15) is 6.04 Å². The van der Waals surface area contributed by atoms with Crippen LogP contribution in [0.25, 0.3) is 0 Å². The molecule has 1 atom stereocenters. The zero-order valence-electron chi connectivity index (χ0n) is 11.6. The van der Waals surface area contributed by atoms with Crippen molar-refractivity contribution in [3.8, 4) is 0 Å². The van der Waals surface area contributed by atoms with Crippen LogP contribution in [0, 0.1) is 0 Å². The quantitative estimate of drug-likeness (QED) is 0.560. The van der Waals surface area contributed by atoms with Crippen molar-refractivity contribution in [1.29, 1.82) is 0 Å². The van der Waals surface area contributed by atoms with Crippen molar-refractivity contribution in [1.82, 2.24) is 10.6 Å². The smallest absolute Gasteiger partial charge is 0.326 e. The van der Waals surface area contributed by atoms with Gasteiger partial charge in [-0.15, -0.1) is 0 Å². The highest BCUT2D eigenvalue weighted by Gasteiger charge is 2.19. The topological polar surface area (TPSA) is 116 Å². The Labute approximate surface area is 122 Å². The first-order chi connectivity index (χ1) is 9.93. The van der Waals surface area contributed by atoms with E-state index in [2.05, 4.69) is 10.6 Å². The van der Waals surface area contributed by atoms with Crippen molar-refractivity contribution in [2.75, 3.05) is 6.61 Å². The van der Waals surface area contributed by atoms with E-state index in [-0.39, 0.29) is 18.9 Å². The summed E-state index contributed by atoms with van der Waals surface area (Å²) in [4.78, 5) is 33.6. The molecule has 1 aromatic carbocycles. The van der Waals surface area contributed by atoms with Crippen molar-refractivity contribution in [3.05, 3.63) is 35.4 Å². The predicted octanol–water partition coefficient (Wildman–Crippen LogP) is -0.112. The zero-order valence-corrected chi connectivity index (χ0v) is 11.6. The third-order valence-corrected chi connectivity index (χ3v) is 2.78. The number of aliphatic hydroxyl groups excluding tert-OH is 1. The van der Waals surface area contributed by atoms with E-state index in [1.54, 1.807) is 24.3 Å². The molecule has 0 aromatic heterocycles. The van der Waals surface area contributed by atoms with Crippen molar-refractivity contribution in [2.45, 2.75) is 25.9 Å². The van der Waals surface area contributed by atoms with Gasteiger partial charge in [0.05, 0.1) is 0 Å². The molecule has 7 heteroatoms. The summed E-state index contributed by atoms with van der Waals surface area (Å²) in [6.45, 7) is 1.45. The maximum absolute atomic E-state index is 11.9. The summed E-state index contributed by atoms with van der Waals surface area (Å²) < 4.78 is 0. The number of aliphatic hydroxyl groups is 1. The Morgan fingerprint density at radius 1 is 1.19 bits per heavy atom. The summed E-state index contributed by atoms with van der Waals surface area (Å²) in [5, 5.41) is 22.6. The lowest BCUT2D eigenvalue weighted by atomic mass is 10.1. The molecule has 1 aromatic rings. The number of carbonyl (C=O) groups excluding carboxylic acids is 2. The van der Waals surface area contributed by atoms with Gasteiger partial charge in [-0.2, -0.15) is 0 Å². The van der Waals surface area contributed by atoms with Gasteiger partial charge in [0.15, 0.2) is 0 Å². The second-order valence-corrected chi connectivity index (χ2v) is 4.48. The normalized spacial score (nSPS) is 11.5. The molecule has 0 unspecified atom stereocenters. The van der Waals surface area contributed by atoms with E-state index >= 15 is 0 Å². The lowest BCUT2D eigenvalue weighted by Gasteiger charge is -2.13. The Morgan fingerprint density at radius 3 is 2.29 bits per heavy atom. The molecule has 0 bridgehead atoms. The highest BCUT2D eigenvalue weighted by molar-refractivity contribution is 5.96. The zero-order chi connectivity index (χ0) is 15.8. The Bertz CT molecular complexity index is 513. The van der Waals surface area contributed by atoms with Crippen LogP contribution in [-0.2, 0) is 16.1 Å². The molecule has 4 N–H and O–H groups in total. The number of hydrogen-bond acceptors (Lipinski definition) is 4. The maximum Gasteiger partial charge on any atom is 0.326 e. The molecule has 114 valence electrons. The summed E-state index contributed by atoms with van der Waals surface area (Å²) in [7, 11) is 0. The fraction of sp³-hybridized carbons (Fsp3) is 0.357. The SMILES string of the molecule is CC(=O)NCc1ccc(C(=O)N[C@H](CCO)C(=O)O)cc1. The Kier molecular flexibility index (Phi) is 6.35.